The Kier molecular flexibility index (Phi) is 4.12. The standard InChI is InChI=1S/C18H17N3O3/c1-12-3-7-14(8-4-12)20-17(22)11-16(18(20)23)21(19-24)15-9-5-13(2)6-10-15/h3-10,16H,11H2,1-2H3. The largest absolute Gasteiger partial charge is 0.274 e. The van der Waals surface area contributed by atoms with E-state index in [-0.39, 0.29) is 12.3 Å². The topological polar surface area (TPSA) is 70.1 Å². The first kappa shape index (κ1) is 15.9. The molecule has 0 radical (unpaired) electrons. The van der Waals surface area contributed by atoms with Crippen molar-refractivity contribution in [1.29, 1.82) is 0 Å². The minimum Gasteiger partial charge on any atom is -0.274 e. The minimum atomic E-state index is -0.918. The van der Waals surface area contributed by atoms with Crippen LogP contribution in [0.3, 0.4) is 0 Å². The second kappa shape index (κ2) is 6.23. The fraction of sp³-hybridized carbons (Fsp3) is 0.222. The maximum atomic E-state index is 12.7. The number of carbonyl (C=O) groups excluding carboxylic acids is 2. The van der Waals surface area contributed by atoms with Crippen LogP contribution >= 0.6 is 0 Å². The van der Waals surface area contributed by atoms with Crippen LogP contribution in [0, 0.1) is 18.8 Å². The summed E-state index contributed by atoms with van der Waals surface area (Å²) < 4.78 is 0. The number of hydrogen-bond acceptors (Lipinski definition) is 4. The van der Waals surface area contributed by atoms with Gasteiger partial charge in [0.2, 0.25) is 5.91 Å². The molecule has 1 saturated heterocycles. The second-order valence-corrected chi connectivity index (χ2v) is 5.88. The van der Waals surface area contributed by atoms with Crippen LogP contribution in [0.4, 0.5) is 11.4 Å². The maximum absolute atomic E-state index is 12.7. The molecule has 2 aromatic rings. The van der Waals surface area contributed by atoms with Crippen molar-refractivity contribution in [3.05, 3.63) is 64.6 Å². The third-order valence-electron chi connectivity index (χ3n) is 4.10. The van der Waals surface area contributed by atoms with E-state index in [0.717, 1.165) is 21.0 Å². The van der Waals surface area contributed by atoms with Crippen LogP contribution < -0.4 is 9.91 Å². The van der Waals surface area contributed by atoms with E-state index < -0.39 is 11.9 Å². The highest BCUT2D eigenvalue weighted by Crippen LogP contribution is 2.29. The number of anilines is 2. The van der Waals surface area contributed by atoms with E-state index in [1.807, 2.05) is 38.1 Å². The van der Waals surface area contributed by atoms with Crippen LogP contribution in [0.1, 0.15) is 17.5 Å². The van der Waals surface area contributed by atoms with E-state index in [1.54, 1.807) is 24.3 Å². The van der Waals surface area contributed by atoms with Crippen molar-refractivity contribution in [3.8, 4) is 0 Å². The zero-order valence-electron chi connectivity index (χ0n) is 13.5. The lowest BCUT2D eigenvalue weighted by atomic mass is 10.2. The molecule has 0 bridgehead atoms. The maximum Gasteiger partial charge on any atom is 0.259 e. The molecule has 0 saturated carbocycles. The third kappa shape index (κ3) is 2.78. The number of rotatable bonds is 4. The smallest absolute Gasteiger partial charge is 0.259 e. The number of imide groups is 1. The summed E-state index contributed by atoms with van der Waals surface area (Å²) in [7, 11) is 0. The molecule has 0 N–H and O–H groups in total. The van der Waals surface area contributed by atoms with E-state index in [1.165, 1.54) is 0 Å². The van der Waals surface area contributed by atoms with Gasteiger partial charge in [-0.3, -0.25) is 9.59 Å². The number of aryl methyl sites for hydroxylation is 2. The van der Waals surface area contributed by atoms with Crippen molar-refractivity contribution >= 4 is 23.2 Å². The highest BCUT2D eigenvalue weighted by molar-refractivity contribution is 6.23. The molecule has 1 heterocycles. The Hall–Kier alpha value is -3.02. The fourth-order valence-corrected chi connectivity index (χ4v) is 2.75. The number of hydrogen-bond donors (Lipinski definition) is 0. The quantitative estimate of drug-likeness (QED) is 0.492. The Labute approximate surface area is 139 Å². The minimum absolute atomic E-state index is 0.0771. The second-order valence-electron chi connectivity index (χ2n) is 5.88. The molecule has 24 heavy (non-hydrogen) atoms. The van der Waals surface area contributed by atoms with Gasteiger partial charge in [-0.1, -0.05) is 35.4 Å². The molecule has 3 rings (SSSR count). The molecule has 0 aromatic heterocycles. The van der Waals surface area contributed by atoms with Gasteiger partial charge in [-0.2, -0.15) is 0 Å². The van der Waals surface area contributed by atoms with Gasteiger partial charge < -0.3 is 0 Å². The third-order valence-corrected chi connectivity index (χ3v) is 4.10. The first-order valence-electron chi connectivity index (χ1n) is 7.64. The van der Waals surface area contributed by atoms with E-state index in [9.17, 15) is 14.5 Å². The first-order chi connectivity index (χ1) is 11.5. The monoisotopic (exact) mass is 323 g/mol. The summed E-state index contributed by atoms with van der Waals surface area (Å²) >= 11 is 0. The summed E-state index contributed by atoms with van der Waals surface area (Å²) in [4.78, 5) is 37.5. The zero-order valence-corrected chi connectivity index (χ0v) is 13.5. The molecule has 1 unspecified atom stereocenters. The van der Waals surface area contributed by atoms with Gasteiger partial charge in [-0.25, -0.2) is 9.91 Å². The van der Waals surface area contributed by atoms with E-state index in [2.05, 4.69) is 5.29 Å². The van der Waals surface area contributed by atoms with Crippen LogP contribution in [-0.2, 0) is 9.59 Å². The molecule has 0 spiro atoms. The Morgan fingerprint density at radius 3 is 2.04 bits per heavy atom. The average Bonchev–Trinajstić information content (AvgIpc) is 2.86. The van der Waals surface area contributed by atoms with Gasteiger partial charge in [0.1, 0.15) is 6.04 Å². The van der Waals surface area contributed by atoms with E-state index >= 15 is 0 Å². The lowest BCUT2D eigenvalue weighted by Crippen LogP contribution is -2.39. The number of nitroso groups, excluding NO2 is 1. The van der Waals surface area contributed by atoms with Gasteiger partial charge in [0.05, 0.1) is 23.1 Å². The average molecular weight is 323 g/mol. The highest BCUT2D eigenvalue weighted by Gasteiger charge is 2.43. The predicted octanol–water partition coefficient (Wildman–Crippen LogP) is 3.12. The molecule has 6 nitrogen and oxygen atoms in total. The molecular formula is C18H17N3O3. The summed E-state index contributed by atoms with van der Waals surface area (Å²) in [6.07, 6.45) is -0.0771. The molecular weight excluding hydrogens is 306 g/mol. The molecule has 1 fully saturated rings. The van der Waals surface area contributed by atoms with Crippen LogP contribution in [0.5, 0.6) is 0 Å². The lowest BCUT2D eigenvalue weighted by Gasteiger charge is -2.21. The summed E-state index contributed by atoms with van der Waals surface area (Å²) in [5, 5.41) is 4.06. The molecule has 1 aliphatic heterocycles. The summed E-state index contributed by atoms with van der Waals surface area (Å²) in [5.74, 6) is -0.779. The van der Waals surface area contributed by atoms with Crippen molar-refractivity contribution in [2.24, 2.45) is 5.29 Å². The number of carbonyl (C=O) groups is 2. The summed E-state index contributed by atoms with van der Waals surface area (Å²) in [6.45, 7) is 3.85. The van der Waals surface area contributed by atoms with E-state index in [4.69, 9.17) is 0 Å². The molecule has 6 heteroatoms. The van der Waals surface area contributed by atoms with Crippen molar-refractivity contribution in [1.82, 2.24) is 0 Å². The van der Waals surface area contributed by atoms with Crippen molar-refractivity contribution < 1.29 is 9.59 Å². The van der Waals surface area contributed by atoms with Gasteiger partial charge in [0, 0.05) is 0 Å². The van der Waals surface area contributed by atoms with Gasteiger partial charge >= 0.3 is 0 Å². The number of benzene rings is 2. The van der Waals surface area contributed by atoms with Crippen molar-refractivity contribution in [2.45, 2.75) is 26.3 Å². The van der Waals surface area contributed by atoms with Gasteiger partial charge in [0.15, 0.2) is 0 Å². The normalized spacial score (nSPS) is 17.2. The highest BCUT2D eigenvalue weighted by atomic mass is 16.3. The van der Waals surface area contributed by atoms with Crippen LogP contribution in [0.2, 0.25) is 0 Å². The Balaban J connectivity index is 1.90. The lowest BCUT2D eigenvalue weighted by molar-refractivity contribution is -0.121. The SMILES string of the molecule is Cc1ccc(N2C(=O)CC(N(N=O)c3ccc(C)cc3)C2=O)cc1. The molecule has 0 aliphatic carbocycles. The Morgan fingerprint density at radius 2 is 1.50 bits per heavy atom. The van der Waals surface area contributed by atoms with Crippen LogP contribution in [-0.4, -0.2) is 17.9 Å². The predicted molar refractivity (Wildman–Crippen MR) is 91.5 cm³/mol. The molecule has 2 amide bonds. The molecule has 1 atom stereocenters. The van der Waals surface area contributed by atoms with Gasteiger partial charge in [0.25, 0.3) is 5.91 Å². The molecule has 2 aromatic carbocycles. The van der Waals surface area contributed by atoms with Crippen molar-refractivity contribution in [3.63, 3.8) is 0 Å². The molecule has 1 aliphatic rings. The number of amides is 2. The Bertz CT molecular complexity index is 784. The number of nitrogens with zero attached hydrogens (tertiary/aromatic N) is 3. The molecule has 122 valence electrons. The van der Waals surface area contributed by atoms with Crippen LogP contribution in [0.25, 0.3) is 0 Å². The van der Waals surface area contributed by atoms with Crippen LogP contribution in [0.15, 0.2) is 53.8 Å². The van der Waals surface area contributed by atoms with E-state index in [0.29, 0.717) is 11.4 Å². The summed E-state index contributed by atoms with van der Waals surface area (Å²) in [5.41, 5.74) is 3.06. The summed E-state index contributed by atoms with van der Waals surface area (Å²) in [6, 6.07) is 13.3. The van der Waals surface area contributed by atoms with Crippen molar-refractivity contribution in [2.75, 3.05) is 9.91 Å². The zero-order chi connectivity index (χ0) is 17.3. The van der Waals surface area contributed by atoms with Gasteiger partial charge in [-0.05, 0) is 38.1 Å². The Morgan fingerprint density at radius 1 is 0.958 bits per heavy atom. The van der Waals surface area contributed by atoms with Gasteiger partial charge in [-0.15, -0.1) is 4.91 Å². The fourth-order valence-electron chi connectivity index (χ4n) is 2.75. The first-order valence-corrected chi connectivity index (χ1v) is 7.64.